The van der Waals surface area contributed by atoms with Gasteiger partial charge in [-0.05, 0) is 37.7 Å². The molecular formula is C14H24N2O3S2. The molecule has 2 atom stereocenters. The third-order valence-electron chi connectivity index (χ3n) is 3.90. The van der Waals surface area contributed by atoms with E-state index in [1.807, 2.05) is 11.8 Å². The predicted molar refractivity (Wildman–Crippen MR) is 86.0 cm³/mol. The van der Waals surface area contributed by atoms with Crippen LogP contribution < -0.4 is 5.32 Å². The lowest BCUT2D eigenvalue weighted by molar-refractivity contribution is 0.344. The summed E-state index contributed by atoms with van der Waals surface area (Å²) in [6.07, 6.45) is 7.07. The Labute approximate surface area is 131 Å². The second-order valence-electron chi connectivity index (χ2n) is 5.61. The van der Waals surface area contributed by atoms with E-state index in [2.05, 4.69) is 11.6 Å². The van der Waals surface area contributed by atoms with Gasteiger partial charge in [-0.1, -0.05) is 6.42 Å². The Morgan fingerprint density at radius 3 is 2.81 bits per heavy atom. The molecule has 2 unspecified atom stereocenters. The SMILES string of the molecule is CSC1CCCC(NCc2ccc(S(=O)(=O)N(C)C)o2)C1. The molecule has 120 valence electrons. The number of nitrogens with zero attached hydrogens (tertiary/aromatic N) is 1. The van der Waals surface area contributed by atoms with Crippen LogP contribution in [0.3, 0.4) is 0 Å². The standard InChI is InChI=1S/C14H24N2O3S2/c1-16(2)21(17,18)14-8-7-12(19-14)10-15-11-5-4-6-13(9-11)20-3/h7-8,11,13,15H,4-6,9-10H2,1-3H3. The van der Waals surface area contributed by atoms with Gasteiger partial charge in [0.25, 0.3) is 10.0 Å². The molecule has 0 saturated heterocycles. The molecule has 1 fully saturated rings. The molecule has 1 heterocycles. The van der Waals surface area contributed by atoms with Crippen LogP contribution in [-0.2, 0) is 16.6 Å². The van der Waals surface area contributed by atoms with Crippen molar-refractivity contribution in [2.24, 2.45) is 0 Å². The first-order valence-corrected chi connectivity index (χ1v) is 9.93. The Balaban J connectivity index is 1.91. The zero-order chi connectivity index (χ0) is 15.5. The van der Waals surface area contributed by atoms with Crippen LogP contribution in [0.4, 0.5) is 0 Å². The molecule has 1 aliphatic rings. The first-order valence-electron chi connectivity index (χ1n) is 7.21. The monoisotopic (exact) mass is 332 g/mol. The van der Waals surface area contributed by atoms with E-state index >= 15 is 0 Å². The van der Waals surface area contributed by atoms with Gasteiger partial charge >= 0.3 is 0 Å². The average Bonchev–Trinajstić information content (AvgIpc) is 2.94. The minimum Gasteiger partial charge on any atom is -0.447 e. The molecule has 0 aliphatic heterocycles. The van der Waals surface area contributed by atoms with Crippen molar-refractivity contribution in [3.63, 3.8) is 0 Å². The van der Waals surface area contributed by atoms with E-state index in [-0.39, 0.29) is 5.09 Å². The first kappa shape index (κ1) is 16.9. The van der Waals surface area contributed by atoms with Crippen LogP contribution >= 0.6 is 11.8 Å². The van der Waals surface area contributed by atoms with E-state index in [1.165, 1.54) is 45.8 Å². The van der Waals surface area contributed by atoms with E-state index in [9.17, 15) is 8.42 Å². The van der Waals surface area contributed by atoms with Crippen LogP contribution in [0.2, 0.25) is 0 Å². The molecule has 7 heteroatoms. The Bertz CT molecular complexity index is 554. The number of rotatable bonds is 6. The van der Waals surface area contributed by atoms with Gasteiger partial charge in [0.2, 0.25) is 5.09 Å². The lowest BCUT2D eigenvalue weighted by Crippen LogP contribution is -2.34. The van der Waals surface area contributed by atoms with Crippen LogP contribution in [0.25, 0.3) is 0 Å². The fourth-order valence-corrected chi connectivity index (χ4v) is 4.20. The number of thioether (sulfide) groups is 1. The molecule has 2 rings (SSSR count). The van der Waals surface area contributed by atoms with Gasteiger partial charge in [-0.15, -0.1) is 0 Å². The van der Waals surface area contributed by atoms with E-state index in [4.69, 9.17) is 4.42 Å². The second-order valence-corrected chi connectivity index (χ2v) is 8.83. The Kier molecular flexibility index (Phi) is 5.76. The maximum absolute atomic E-state index is 11.9. The highest BCUT2D eigenvalue weighted by molar-refractivity contribution is 7.99. The van der Waals surface area contributed by atoms with E-state index < -0.39 is 10.0 Å². The van der Waals surface area contributed by atoms with Crippen molar-refractivity contribution in [1.29, 1.82) is 0 Å². The summed E-state index contributed by atoms with van der Waals surface area (Å²) in [4.78, 5) is 0. The molecule has 0 aromatic carbocycles. The van der Waals surface area contributed by atoms with Crippen molar-refractivity contribution >= 4 is 21.8 Å². The quantitative estimate of drug-likeness (QED) is 0.866. The van der Waals surface area contributed by atoms with Gasteiger partial charge < -0.3 is 9.73 Å². The third-order valence-corrected chi connectivity index (χ3v) is 6.68. The Morgan fingerprint density at radius 1 is 1.38 bits per heavy atom. The number of hydrogen-bond donors (Lipinski definition) is 1. The number of hydrogen-bond acceptors (Lipinski definition) is 5. The summed E-state index contributed by atoms with van der Waals surface area (Å²) in [7, 11) is -0.476. The third kappa shape index (κ3) is 4.25. The fourth-order valence-electron chi connectivity index (χ4n) is 2.56. The highest BCUT2D eigenvalue weighted by Crippen LogP contribution is 2.27. The van der Waals surface area contributed by atoms with Crippen LogP contribution in [0.1, 0.15) is 31.4 Å². The largest absolute Gasteiger partial charge is 0.447 e. The average molecular weight is 332 g/mol. The normalized spacial score (nSPS) is 23.6. The second kappa shape index (κ2) is 7.17. The van der Waals surface area contributed by atoms with Gasteiger partial charge in [-0.3, -0.25) is 0 Å². The topological polar surface area (TPSA) is 62.6 Å². The minimum absolute atomic E-state index is 0.00920. The molecule has 0 radical (unpaired) electrons. The first-order chi connectivity index (χ1) is 9.93. The summed E-state index contributed by atoms with van der Waals surface area (Å²) in [6.45, 7) is 0.578. The van der Waals surface area contributed by atoms with E-state index in [1.54, 1.807) is 6.07 Å². The Hall–Kier alpha value is -0.500. The maximum atomic E-state index is 11.9. The zero-order valence-corrected chi connectivity index (χ0v) is 14.5. The highest BCUT2D eigenvalue weighted by Gasteiger charge is 2.23. The van der Waals surface area contributed by atoms with Crippen molar-refractivity contribution in [2.75, 3.05) is 20.4 Å². The summed E-state index contributed by atoms with van der Waals surface area (Å²) in [5.41, 5.74) is 0. The fraction of sp³-hybridized carbons (Fsp3) is 0.714. The van der Waals surface area contributed by atoms with Gasteiger partial charge in [-0.2, -0.15) is 11.8 Å². The van der Waals surface area contributed by atoms with Crippen molar-refractivity contribution in [2.45, 2.75) is 48.6 Å². The lowest BCUT2D eigenvalue weighted by Gasteiger charge is -2.28. The van der Waals surface area contributed by atoms with Crippen molar-refractivity contribution in [3.8, 4) is 0 Å². The molecule has 1 aliphatic carbocycles. The summed E-state index contributed by atoms with van der Waals surface area (Å²) < 4.78 is 30.5. The van der Waals surface area contributed by atoms with Crippen molar-refractivity contribution in [3.05, 3.63) is 17.9 Å². The smallest absolute Gasteiger partial charge is 0.275 e. The van der Waals surface area contributed by atoms with E-state index in [0.29, 0.717) is 18.3 Å². The van der Waals surface area contributed by atoms with E-state index in [0.717, 1.165) is 9.56 Å². The van der Waals surface area contributed by atoms with Crippen molar-refractivity contribution in [1.82, 2.24) is 9.62 Å². The lowest BCUT2D eigenvalue weighted by atomic mass is 9.95. The molecule has 21 heavy (non-hydrogen) atoms. The summed E-state index contributed by atoms with van der Waals surface area (Å²) in [6, 6.07) is 3.76. The van der Waals surface area contributed by atoms with Gasteiger partial charge in [-0.25, -0.2) is 12.7 Å². The molecule has 5 nitrogen and oxygen atoms in total. The van der Waals surface area contributed by atoms with Crippen LogP contribution in [-0.4, -0.2) is 44.4 Å². The van der Waals surface area contributed by atoms with Crippen LogP contribution in [0, 0.1) is 0 Å². The molecule has 0 spiro atoms. The molecule has 0 bridgehead atoms. The number of nitrogens with one attached hydrogen (secondary N) is 1. The van der Waals surface area contributed by atoms with Gasteiger partial charge in [0.15, 0.2) is 0 Å². The summed E-state index contributed by atoms with van der Waals surface area (Å²) in [5, 5.41) is 4.22. The number of furan rings is 1. The molecule has 0 amide bonds. The molecule has 1 aromatic rings. The van der Waals surface area contributed by atoms with Gasteiger partial charge in [0.05, 0.1) is 6.54 Å². The summed E-state index contributed by atoms with van der Waals surface area (Å²) >= 11 is 1.93. The molecular weight excluding hydrogens is 308 g/mol. The zero-order valence-electron chi connectivity index (χ0n) is 12.8. The van der Waals surface area contributed by atoms with Gasteiger partial charge in [0, 0.05) is 25.4 Å². The van der Waals surface area contributed by atoms with Gasteiger partial charge in [0.1, 0.15) is 5.76 Å². The molecule has 1 aromatic heterocycles. The summed E-state index contributed by atoms with van der Waals surface area (Å²) in [5.74, 6) is 0.668. The molecule has 1 saturated carbocycles. The minimum atomic E-state index is -3.48. The maximum Gasteiger partial charge on any atom is 0.275 e. The number of sulfonamides is 1. The van der Waals surface area contributed by atoms with Crippen LogP contribution in [0.15, 0.2) is 21.6 Å². The van der Waals surface area contributed by atoms with Crippen LogP contribution in [0.5, 0.6) is 0 Å². The predicted octanol–water partition coefficient (Wildman–Crippen LogP) is 2.29. The van der Waals surface area contributed by atoms with Crippen molar-refractivity contribution < 1.29 is 12.8 Å². The Morgan fingerprint density at radius 2 is 2.14 bits per heavy atom. The molecule has 1 N–H and O–H groups in total. The highest BCUT2D eigenvalue weighted by atomic mass is 32.2.